The van der Waals surface area contributed by atoms with Crippen LogP contribution in [0.3, 0.4) is 0 Å². The van der Waals surface area contributed by atoms with Crippen LogP contribution >= 0.6 is 0 Å². The van der Waals surface area contributed by atoms with Crippen molar-refractivity contribution in [2.75, 3.05) is 24.5 Å². The first kappa shape index (κ1) is 26.1. The normalized spacial score (nSPS) is 15.4. The molecular formula is C27H31N9O3. The monoisotopic (exact) mass is 529 g/mol. The zero-order valence-corrected chi connectivity index (χ0v) is 22.3. The Labute approximate surface area is 224 Å². The van der Waals surface area contributed by atoms with E-state index in [0.717, 1.165) is 34.0 Å². The van der Waals surface area contributed by atoms with Crippen LogP contribution in [0, 0.1) is 18.8 Å². The average Bonchev–Trinajstić information content (AvgIpc) is 3.33. The lowest BCUT2D eigenvalue weighted by Gasteiger charge is -2.33. The van der Waals surface area contributed by atoms with E-state index >= 15 is 0 Å². The maximum atomic E-state index is 13.9. The Morgan fingerprint density at radius 3 is 2.74 bits per heavy atom. The minimum atomic E-state index is -0.508. The van der Waals surface area contributed by atoms with Crippen LogP contribution in [0.5, 0.6) is 0 Å². The van der Waals surface area contributed by atoms with Crippen LogP contribution in [-0.2, 0) is 24.9 Å². The fourth-order valence-electron chi connectivity index (χ4n) is 5.12. The van der Waals surface area contributed by atoms with Gasteiger partial charge >= 0.3 is 5.69 Å². The summed E-state index contributed by atoms with van der Waals surface area (Å²) in [6.45, 7) is 4.85. The molecule has 0 aliphatic carbocycles. The second kappa shape index (κ2) is 10.7. The maximum absolute atomic E-state index is 13.9. The summed E-state index contributed by atoms with van der Waals surface area (Å²) < 4.78 is 4.28. The van der Waals surface area contributed by atoms with E-state index < -0.39 is 11.2 Å². The zero-order valence-electron chi connectivity index (χ0n) is 22.3. The Morgan fingerprint density at radius 2 is 1.97 bits per heavy atom. The SMILES string of the molecule is CC#CCn1c(N2CCC[C@@H](NC(=O)CN)C2)nc2c1c(=O)n(Cc1nc(C)c3ccccc3n1)c(=O)n2C. The molecule has 0 saturated carbocycles. The number of nitrogens with two attached hydrogens (primary N) is 1. The number of nitrogens with one attached hydrogen (secondary N) is 1. The Balaban J connectivity index is 1.62. The van der Waals surface area contributed by atoms with E-state index in [4.69, 9.17) is 10.7 Å². The van der Waals surface area contributed by atoms with Crippen LogP contribution in [0.25, 0.3) is 22.1 Å². The largest absolute Gasteiger partial charge is 0.350 e. The molecule has 1 saturated heterocycles. The third-order valence-corrected chi connectivity index (χ3v) is 7.02. The first-order valence-electron chi connectivity index (χ1n) is 12.9. The van der Waals surface area contributed by atoms with Gasteiger partial charge in [-0.3, -0.25) is 23.3 Å². The van der Waals surface area contributed by atoms with E-state index in [9.17, 15) is 14.4 Å². The summed E-state index contributed by atoms with van der Waals surface area (Å²) >= 11 is 0. The predicted molar refractivity (Wildman–Crippen MR) is 148 cm³/mol. The minimum absolute atomic E-state index is 0.0794. The molecule has 4 heterocycles. The number of carbonyl (C=O) groups excluding carboxylic acids is 1. The van der Waals surface area contributed by atoms with Crippen molar-refractivity contribution in [3.8, 4) is 11.8 Å². The summed E-state index contributed by atoms with van der Waals surface area (Å²) in [6.07, 6.45) is 1.63. The third kappa shape index (κ3) is 4.88. The molecular weight excluding hydrogens is 498 g/mol. The lowest BCUT2D eigenvalue weighted by molar-refractivity contribution is -0.120. The van der Waals surface area contributed by atoms with E-state index in [1.807, 2.05) is 36.1 Å². The summed E-state index contributed by atoms with van der Waals surface area (Å²) in [5.41, 5.74) is 6.57. The Bertz CT molecular complexity index is 1760. The number of hydrogen-bond donors (Lipinski definition) is 2. The molecule has 0 radical (unpaired) electrons. The molecule has 12 nitrogen and oxygen atoms in total. The van der Waals surface area contributed by atoms with Crippen LogP contribution in [0.15, 0.2) is 33.9 Å². The van der Waals surface area contributed by atoms with E-state index in [1.54, 1.807) is 18.5 Å². The predicted octanol–water partition coefficient (Wildman–Crippen LogP) is 0.264. The highest BCUT2D eigenvalue weighted by atomic mass is 16.2. The molecule has 0 spiro atoms. The number of aromatic nitrogens is 6. The van der Waals surface area contributed by atoms with E-state index in [2.05, 4.69) is 27.1 Å². The zero-order chi connectivity index (χ0) is 27.7. The van der Waals surface area contributed by atoms with Gasteiger partial charge in [0.2, 0.25) is 11.9 Å². The number of para-hydroxylation sites is 1. The van der Waals surface area contributed by atoms with Crippen molar-refractivity contribution in [1.82, 2.24) is 34.0 Å². The van der Waals surface area contributed by atoms with Gasteiger partial charge in [0.1, 0.15) is 5.82 Å². The summed E-state index contributed by atoms with van der Waals surface area (Å²) in [5.74, 6) is 6.60. The van der Waals surface area contributed by atoms with Crippen molar-refractivity contribution >= 4 is 33.9 Å². The topological polar surface area (TPSA) is 146 Å². The molecule has 1 aliphatic heterocycles. The summed E-state index contributed by atoms with van der Waals surface area (Å²) in [4.78, 5) is 55.1. The van der Waals surface area contributed by atoms with Crippen LogP contribution in [0.4, 0.5) is 5.95 Å². The van der Waals surface area contributed by atoms with Gasteiger partial charge in [-0.1, -0.05) is 24.1 Å². The van der Waals surface area contributed by atoms with Crippen molar-refractivity contribution in [2.24, 2.45) is 12.8 Å². The van der Waals surface area contributed by atoms with Crippen molar-refractivity contribution in [3.63, 3.8) is 0 Å². The number of hydrogen-bond acceptors (Lipinski definition) is 8. The van der Waals surface area contributed by atoms with Gasteiger partial charge in [0, 0.05) is 37.3 Å². The number of fused-ring (bicyclic) bond motifs is 2. The van der Waals surface area contributed by atoms with Gasteiger partial charge in [-0.15, -0.1) is 5.92 Å². The number of rotatable bonds is 6. The van der Waals surface area contributed by atoms with Gasteiger partial charge in [-0.2, -0.15) is 4.98 Å². The second-order valence-corrected chi connectivity index (χ2v) is 9.63. The third-order valence-electron chi connectivity index (χ3n) is 7.02. The highest BCUT2D eigenvalue weighted by Gasteiger charge is 2.28. The molecule has 5 rings (SSSR count). The van der Waals surface area contributed by atoms with Crippen molar-refractivity contribution in [1.29, 1.82) is 0 Å². The molecule has 12 heteroatoms. The standard InChI is InChI=1S/C27H31N9O3/c1-4-5-13-35-23-24(32-26(35)34-12-8-9-18(15-34)30-22(37)14-28)33(3)27(39)36(25(23)38)16-21-29-17(2)19-10-6-7-11-20(19)31-21/h6-7,10-11,18H,8-9,12-16,28H2,1-3H3,(H,30,37)/t18-/m1/s1. The molecule has 3 N–H and O–H groups in total. The van der Waals surface area contributed by atoms with Crippen molar-refractivity contribution in [2.45, 2.75) is 45.8 Å². The molecule has 3 aromatic heterocycles. The fourth-order valence-corrected chi connectivity index (χ4v) is 5.12. The molecule has 1 amide bonds. The summed E-state index contributed by atoms with van der Waals surface area (Å²) in [6, 6.07) is 7.52. The highest BCUT2D eigenvalue weighted by Crippen LogP contribution is 2.23. The lowest BCUT2D eigenvalue weighted by atomic mass is 10.1. The Morgan fingerprint density at radius 1 is 1.18 bits per heavy atom. The molecule has 1 atom stereocenters. The molecule has 39 heavy (non-hydrogen) atoms. The van der Waals surface area contributed by atoms with Crippen LogP contribution in [-0.4, -0.2) is 60.2 Å². The first-order valence-corrected chi connectivity index (χ1v) is 12.9. The van der Waals surface area contributed by atoms with Gasteiger partial charge in [-0.05, 0) is 32.8 Å². The summed E-state index contributed by atoms with van der Waals surface area (Å²) in [5, 5.41) is 3.86. The maximum Gasteiger partial charge on any atom is 0.332 e. The molecule has 1 fully saturated rings. The van der Waals surface area contributed by atoms with Gasteiger partial charge in [-0.25, -0.2) is 14.8 Å². The second-order valence-electron chi connectivity index (χ2n) is 9.63. The average molecular weight is 530 g/mol. The van der Waals surface area contributed by atoms with E-state index in [0.29, 0.717) is 24.9 Å². The van der Waals surface area contributed by atoms with Gasteiger partial charge < -0.3 is 16.0 Å². The van der Waals surface area contributed by atoms with Gasteiger partial charge in [0.25, 0.3) is 5.56 Å². The highest BCUT2D eigenvalue weighted by molar-refractivity contribution is 5.80. The molecule has 1 aromatic carbocycles. The molecule has 1 aliphatic rings. The number of piperidine rings is 1. The molecule has 0 bridgehead atoms. The molecule has 202 valence electrons. The minimum Gasteiger partial charge on any atom is -0.350 e. The van der Waals surface area contributed by atoms with Gasteiger partial charge in [0.05, 0.1) is 25.2 Å². The smallest absolute Gasteiger partial charge is 0.332 e. The number of carbonyl (C=O) groups is 1. The van der Waals surface area contributed by atoms with E-state index in [1.165, 1.54) is 4.57 Å². The van der Waals surface area contributed by atoms with Crippen LogP contribution in [0.1, 0.15) is 31.3 Å². The van der Waals surface area contributed by atoms with Crippen LogP contribution < -0.4 is 27.2 Å². The number of aryl methyl sites for hydroxylation is 2. The molecule has 4 aromatic rings. The fraction of sp³-hybridized carbons (Fsp3) is 0.407. The van der Waals surface area contributed by atoms with Gasteiger partial charge in [0.15, 0.2) is 11.2 Å². The quantitative estimate of drug-likeness (QED) is 0.338. The Hall–Kier alpha value is -4.50. The number of imidazole rings is 1. The number of benzene rings is 1. The van der Waals surface area contributed by atoms with Crippen LogP contribution in [0.2, 0.25) is 0 Å². The van der Waals surface area contributed by atoms with Crippen molar-refractivity contribution in [3.05, 3.63) is 56.6 Å². The Kier molecular flexibility index (Phi) is 7.17. The summed E-state index contributed by atoms with van der Waals surface area (Å²) in [7, 11) is 1.60. The lowest BCUT2D eigenvalue weighted by Crippen LogP contribution is -2.49. The first-order chi connectivity index (χ1) is 18.8. The number of nitrogens with zero attached hydrogens (tertiary/aromatic N) is 7. The van der Waals surface area contributed by atoms with E-state index in [-0.39, 0.29) is 42.7 Å². The number of amides is 1. The number of anilines is 1. The molecule has 0 unspecified atom stereocenters. The van der Waals surface area contributed by atoms with Crippen molar-refractivity contribution < 1.29 is 4.79 Å².